The molecule has 1 heterocycles. The summed E-state index contributed by atoms with van der Waals surface area (Å²) in [5, 5.41) is 0. The Hall–Kier alpha value is -0.660. The highest BCUT2D eigenvalue weighted by atomic mass is 35.5. The van der Waals surface area contributed by atoms with Gasteiger partial charge in [-0.2, -0.15) is 0 Å². The van der Waals surface area contributed by atoms with Crippen molar-refractivity contribution in [3.63, 3.8) is 0 Å². The van der Waals surface area contributed by atoms with Crippen molar-refractivity contribution in [2.45, 2.75) is 25.3 Å². The van der Waals surface area contributed by atoms with Crippen molar-refractivity contribution in [3.8, 4) is 0 Å². The summed E-state index contributed by atoms with van der Waals surface area (Å²) in [7, 11) is -2.19. The molecule has 1 unspecified atom stereocenters. The van der Waals surface area contributed by atoms with Gasteiger partial charge < -0.3 is 0 Å². The van der Waals surface area contributed by atoms with E-state index in [1.807, 2.05) is 0 Å². The van der Waals surface area contributed by atoms with Gasteiger partial charge in [0.25, 0.3) is 0 Å². The number of unbranched alkanes of at least 4 members (excludes halogenated alkanes) is 1. The smallest absolute Gasteiger partial charge is 0.247 e. The van der Waals surface area contributed by atoms with E-state index in [0.29, 0.717) is 18.7 Å². The molecule has 0 aromatic rings. The summed E-state index contributed by atoms with van der Waals surface area (Å²) >= 11 is 5.44. The van der Waals surface area contributed by atoms with E-state index in [1.54, 1.807) is 0 Å². The van der Waals surface area contributed by atoms with E-state index in [4.69, 9.17) is 11.6 Å². The third kappa shape index (κ3) is 3.93. The van der Waals surface area contributed by atoms with E-state index in [1.165, 1.54) is 7.05 Å². The molecule has 8 heteroatoms. The van der Waals surface area contributed by atoms with Gasteiger partial charge in [0.05, 0.1) is 12.2 Å². The molecule has 98 valence electrons. The highest BCUT2D eigenvalue weighted by molar-refractivity contribution is 7.89. The van der Waals surface area contributed by atoms with Crippen LogP contribution in [0.2, 0.25) is 0 Å². The fraction of sp³-hybridized carbons (Fsp3) is 0.778. The average molecular weight is 283 g/mol. The summed E-state index contributed by atoms with van der Waals surface area (Å²) in [5.41, 5.74) is 0. The zero-order valence-corrected chi connectivity index (χ0v) is 11.1. The van der Waals surface area contributed by atoms with Crippen LogP contribution in [0.1, 0.15) is 19.3 Å². The van der Waals surface area contributed by atoms with Crippen molar-refractivity contribution in [1.82, 2.24) is 9.62 Å². The summed E-state index contributed by atoms with van der Waals surface area (Å²) in [5.74, 6) is -0.556. The summed E-state index contributed by atoms with van der Waals surface area (Å²) in [6.45, 7) is 0. The molecule has 0 aromatic heterocycles. The molecule has 17 heavy (non-hydrogen) atoms. The molecular formula is C9H15ClN2O4S. The van der Waals surface area contributed by atoms with Gasteiger partial charge in [-0.05, 0) is 12.8 Å². The molecule has 1 saturated heterocycles. The van der Waals surface area contributed by atoms with Crippen molar-refractivity contribution >= 4 is 33.4 Å². The molecule has 0 spiro atoms. The summed E-state index contributed by atoms with van der Waals surface area (Å²) in [4.78, 5) is 23.6. The van der Waals surface area contributed by atoms with Gasteiger partial charge in [-0.25, -0.2) is 13.1 Å². The van der Waals surface area contributed by atoms with Crippen LogP contribution in [0.4, 0.5) is 0 Å². The molecule has 1 fully saturated rings. The first-order valence-corrected chi connectivity index (χ1v) is 7.42. The quantitative estimate of drug-likeness (QED) is 0.411. The van der Waals surface area contributed by atoms with E-state index >= 15 is 0 Å². The number of halogens is 1. The first-order valence-electron chi connectivity index (χ1n) is 5.24. The maximum atomic E-state index is 11.6. The molecule has 0 bridgehead atoms. The number of likely N-dealkylation sites (tertiary alicyclic amines) is 1. The van der Waals surface area contributed by atoms with Gasteiger partial charge in [-0.15, -0.1) is 11.6 Å². The molecule has 1 atom stereocenters. The molecule has 0 saturated carbocycles. The minimum absolute atomic E-state index is 0.0819. The van der Waals surface area contributed by atoms with E-state index in [0.717, 1.165) is 4.90 Å². The number of carbonyl (C=O) groups excluding carboxylic acids is 2. The van der Waals surface area contributed by atoms with Gasteiger partial charge in [-0.3, -0.25) is 14.5 Å². The average Bonchev–Trinajstić information content (AvgIpc) is 2.46. The van der Waals surface area contributed by atoms with Crippen molar-refractivity contribution in [1.29, 1.82) is 0 Å². The highest BCUT2D eigenvalue weighted by Gasteiger charge is 2.38. The normalized spacial score (nSPS) is 21.3. The van der Waals surface area contributed by atoms with Gasteiger partial charge in [0.2, 0.25) is 21.8 Å². The Kier molecular flexibility index (Phi) is 4.91. The van der Waals surface area contributed by atoms with Crippen LogP contribution in [0.5, 0.6) is 0 Å². The largest absolute Gasteiger partial charge is 0.284 e. The van der Waals surface area contributed by atoms with Gasteiger partial charge in [0, 0.05) is 12.9 Å². The van der Waals surface area contributed by atoms with Crippen molar-refractivity contribution in [2.24, 2.45) is 0 Å². The third-order valence-electron chi connectivity index (χ3n) is 2.50. The van der Waals surface area contributed by atoms with Crippen molar-refractivity contribution in [3.05, 3.63) is 0 Å². The van der Waals surface area contributed by atoms with Crippen LogP contribution in [0, 0.1) is 0 Å². The summed E-state index contributed by atoms with van der Waals surface area (Å²) < 4.78 is 25.4. The van der Waals surface area contributed by atoms with E-state index in [-0.39, 0.29) is 18.1 Å². The number of likely N-dealkylation sites (N-methyl/N-ethyl adjacent to an activating group) is 1. The zero-order valence-electron chi connectivity index (χ0n) is 9.48. The molecule has 1 N–H and O–H groups in total. The first kappa shape index (κ1) is 14.4. The first-order chi connectivity index (χ1) is 7.87. The lowest BCUT2D eigenvalue weighted by molar-refractivity contribution is -0.137. The fourth-order valence-electron chi connectivity index (χ4n) is 1.51. The molecule has 0 aliphatic carbocycles. The lowest BCUT2D eigenvalue weighted by atomic mass is 10.3. The van der Waals surface area contributed by atoms with E-state index in [9.17, 15) is 18.0 Å². The van der Waals surface area contributed by atoms with Crippen LogP contribution in [-0.2, 0) is 19.6 Å². The van der Waals surface area contributed by atoms with Crippen LogP contribution in [0.25, 0.3) is 0 Å². The van der Waals surface area contributed by atoms with Gasteiger partial charge >= 0.3 is 0 Å². The Labute approximate surface area is 105 Å². The Bertz CT molecular complexity index is 409. The summed E-state index contributed by atoms with van der Waals surface area (Å²) in [6.07, 6.45) is 0.924. The summed E-state index contributed by atoms with van der Waals surface area (Å²) in [6, 6.07) is -0.950. The second-order valence-corrected chi connectivity index (χ2v) is 6.13. The Morgan fingerprint density at radius 3 is 2.53 bits per heavy atom. The second kappa shape index (κ2) is 5.79. The SMILES string of the molecule is CN1C(=O)CC(NS(=O)(=O)CCCCCl)C1=O. The lowest BCUT2D eigenvalue weighted by Crippen LogP contribution is -2.41. The fourth-order valence-corrected chi connectivity index (χ4v) is 3.02. The number of nitrogens with one attached hydrogen (secondary N) is 1. The molecule has 0 radical (unpaired) electrons. The van der Waals surface area contributed by atoms with Crippen molar-refractivity contribution in [2.75, 3.05) is 18.7 Å². The number of nitrogens with zero attached hydrogens (tertiary/aromatic N) is 1. The molecule has 6 nitrogen and oxygen atoms in total. The van der Waals surface area contributed by atoms with Crippen molar-refractivity contribution < 1.29 is 18.0 Å². The van der Waals surface area contributed by atoms with Gasteiger partial charge in [0.1, 0.15) is 6.04 Å². The van der Waals surface area contributed by atoms with Crippen LogP contribution in [0.3, 0.4) is 0 Å². The Balaban J connectivity index is 2.54. The van der Waals surface area contributed by atoms with Crippen LogP contribution in [0.15, 0.2) is 0 Å². The number of sulfonamides is 1. The maximum absolute atomic E-state index is 11.6. The molecule has 2 amide bonds. The maximum Gasteiger partial charge on any atom is 0.247 e. The van der Waals surface area contributed by atoms with Gasteiger partial charge in [0.15, 0.2) is 0 Å². The Morgan fingerprint density at radius 2 is 2.06 bits per heavy atom. The highest BCUT2D eigenvalue weighted by Crippen LogP contribution is 2.12. The second-order valence-electron chi connectivity index (χ2n) is 3.88. The number of alkyl halides is 1. The Morgan fingerprint density at radius 1 is 1.41 bits per heavy atom. The minimum atomic E-state index is -3.53. The molecule has 0 aromatic carbocycles. The number of hydrogen-bond donors (Lipinski definition) is 1. The van der Waals surface area contributed by atoms with Crippen LogP contribution >= 0.6 is 11.6 Å². The molecule has 1 aliphatic rings. The zero-order chi connectivity index (χ0) is 13.1. The van der Waals surface area contributed by atoms with Gasteiger partial charge in [-0.1, -0.05) is 0 Å². The number of rotatable bonds is 6. The number of imide groups is 1. The molecule has 1 aliphatic heterocycles. The third-order valence-corrected chi connectivity index (χ3v) is 4.24. The topological polar surface area (TPSA) is 83.6 Å². The molecular weight excluding hydrogens is 268 g/mol. The predicted octanol–water partition coefficient (Wildman–Crippen LogP) is -0.318. The minimum Gasteiger partial charge on any atom is -0.284 e. The number of amides is 2. The monoisotopic (exact) mass is 282 g/mol. The number of carbonyl (C=O) groups is 2. The van der Waals surface area contributed by atoms with Crippen LogP contribution < -0.4 is 4.72 Å². The standard InChI is InChI=1S/C9H15ClN2O4S/c1-12-8(13)6-7(9(12)14)11-17(15,16)5-3-2-4-10/h7,11H,2-6H2,1H3. The lowest BCUT2D eigenvalue weighted by Gasteiger charge is -2.11. The van der Waals surface area contributed by atoms with Crippen LogP contribution in [-0.4, -0.2) is 49.9 Å². The van der Waals surface area contributed by atoms with E-state index in [2.05, 4.69) is 4.72 Å². The predicted molar refractivity (Wildman–Crippen MR) is 63.1 cm³/mol. The molecule has 1 rings (SSSR count). The van der Waals surface area contributed by atoms with E-state index < -0.39 is 22.0 Å². The number of hydrogen-bond acceptors (Lipinski definition) is 4.